The second-order valence-corrected chi connectivity index (χ2v) is 6.51. The Kier molecular flexibility index (Phi) is 6.20. The number of carbonyl (C=O) groups is 1. The minimum atomic E-state index is -0.0747. The van der Waals surface area contributed by atoms with Crippen molar-refractivity contribution >= 4 is 18.3 Å². The molecule has 0 bridgehead atoms. The number of nitrogens with one attached hydrogen (secondary N) is 2. The van der Waals surface area contributed by atoms with Crippen LogP contribution in [0.3, 0.4) is 0 Å². The Bertz CT molecular complexity index is 486. The lowest BCUT2D eigenvalue weighted by Crippen LogP contribution is -2.38. The number of nitrogens with zero attached hydrogens (tertiary/aromatic N) is 3. The van der Waals surface area contributed by atoms with Crippen LogP contribution in [0.2, 0.25) is 0 Å². The molecule has 1 amide bonds. The van der Waals surface area contributed by atoms with Gasteiger partial charge in [0.2, 0.25) is 0 Å². The lowest BCUT2D eigenvalue weighted by molar-refractivity contribution is 0.0916. The van der Waals surface area contributed by atoms with Crippen LogP contribution in [0.5, 0.6) is 0 Å². The fourth-order valence-corrected chi connectivity index (χ4v) is 3.46. The van der Waals surface area contributed by atoms with Gasteiger partial charge >= 0.3 is 0 Å². The summed E-state index contributed by atoms with van der Waals surface area (Å²) in [7, 11) is 0. The topological polar surface area (TPSA) is 71.8 Å². The summed E-state index contributed by atoms with van der Waals surface area (Å²) >= 11 is 0. The predicted octanol–water partition coefficient (Wildman–Crippen LogP) is 1.93. The van der Waals surface area contributed by atoms with E-state index in [4.69, 9.17) is 0 Å². The van der Waals surface area contributed by atoms with Crippen LogP contribution in [0.4, 0.5) is 0 Å². The van der Waals surface area contributed by atoms with Gasteiger partial charge < -0.3 is 10.6 Å². The summed E-state index contributed by atoms with van der Waals surface area (Å²) in [5.74, 6) is 0.628. The lowest BCUT2D eigenvalue weighted by Gasteiger charge is -2.27. The molecule has 3 rings (SSSR count). The van der Waals surface area contributed by atoms with Crippen molar-refractivity contribution in [2.24, 2.45) is 5.92 Å². The molecule has 1 aliphatic carbocycles. The van der Waals surface area contributed by atoms with Gasteiger partial charge in [-0.05, 0) is 44.7 Å². The van der Waals surface area contributed by atoms with Crippen LogP contribution in [-0.2, 0) is 0 Å². The molecular formula is C15H26ClN5O. The van der Waals surface area contributed by atoms with Gasteiger partial charge in [0, 0.05) is 6.04 Å². The van der Waals surface area contributed by atoms with Crippen LogP contribution in [0, 0.1) is 5.92 Å². The highest BCUT2D eigenvalue weighted by Crippen LogP contribution is 2.23. The third-order valence-corrected chi connectivity index (χ3v) is 4.70. The molecule has 2 atom stereocenters. The molecule has 124 valence electrons. The molecule has 1 aliphatic heterocycles. The number of rotatable bonds is 3. The molecule has 0 spiro atoms. The first-order valence-electron chi connectivity index (χ1n) is 8.16. The number of hydrogen-bond acceptors (Lipinski definition) is 4. The van der Waals surface area contributed by atoms with E-state index in [1.165, 1.54) is 12.8 Å². The molecule has 7 heteroatoms. The monoisotopic (exact) mass is 327 g/mol. The third-order valence-electron chi connectivity index (χ3n) is 4.70. The molecule has 1 saturated heterocycles. The van der Waals surface area contributed by atoms with Crippen LogP contribution in [0.15, 0.2) is 6.20 Å². The Balaban J connectivity index is 0.00000176. The number of hydrogen-bond donors (Lipinski definition) is 2. The maximum Gasteiger partial charge on any atom is 0.273 e. The normalized spacial score (nSPS) is 26.2. The van der Waals surface area contributed by atoms with Gasteiger partial charge in [-0.15, -0.1) is 17.5 Å². The number of halogens is 1. The Morgan fingerprint density at radius 3 is 2.82 bits per heavy atom. The number of amides is 1. The van der Waals surface area contributed by atoms with E-state index >= 15 is 0 Å². The molecule has 2 heterocycles. The van der Waals surface area contributed by atoms with Crippen molar-refractivity contribution in [3.05, 3.63) is 11.9 Å². The first-order chi connectivity index (χ1) is 10.2. The number of piperidine rings is 1. The van der Waals surface area contributed by atoms with Gasteiger partial charge in [0.05, 0.1) is 12.2 Å². The molecule has 0 aromatic carbocycles. The summed E-state index contributed by atoms with van der Waals surface area (Å²) < 4.78 is 1.86. The predicted molar refractivity (Wildman–Crippen MR) is 87.3 cm³/mol. The van der Waals surface area contributed by atoms with Crippen molar-refractivity contribution in [1.29, 1.82) is 0 Å². The summed E-state index contributed by atoms with van der Waals surface area (Å²) in [6.45, 7) is 4.27. The van der Waals surface area contributed by atoms with E-state index in [0.717, 1.165) is 38.8 Å². The molecule has 1 aromatic heterocycles. The second-order valence-electron chi connectivity index (χ2n) is 6.51. The van der Waals surface area contributed by atoms with E-state index in [2.05, 4.69) is 27.9 Å². The zero-order valence-electron chi connectivity index (χ0n) is 13.1. The summed E-state index contributed by atoms with van der Waals surface area (Å²) in [4.78, 5) is 12.3. The van der Waals surface area contributed by atoms with Crippen molar-refractivity contribution in [1.82, 2.24) is 25.6 Å². The van der Waals surface area contributed by atoms with Crippen molar-refractivity contribution in [3.8, 4) is 0 Å². The molecular weight excluding hydrogens is 302 g/mol. The zero-order chi connectivity index (χ0) is 14.7. The molecule has 6 nitrogen and oxygen atoms in total. The highest BCUT2D eigenvalue weighted by molar-refractivity contribution is 5.92. The lowest BCUT2D eigenvalue weighted by atomic mass is 9.87. The average molecular weight is 328 g/mol. The Hall–Kier alpha value is -1.14. The number of carbonyl (C=O) groups excluding carboxylic acids is 1. The van der Waals surface area contributed by atoms with Gasteiger partial charge in [0.1, 0.15) is 0 Å². The van der Waals surface area contributed by atoms with Gasteiger partial charge in [-0.1, -0.05) is 25.0 Å². The molecule has 2 aliphatic rings. The molecule has 1 aromatic rings. The summed E-state index contributed by atoms with van der Waals surface area (Å²) in [6.07, 6.45) is 8.53. The van der Waals surface area contributed by atoms with Gasteiger partial charge in [-0.3, -0.25) is 4.79 Å². The van der Waals surface area contributed by atoms with E-state index in [0.29, 0.717) is 23.7 Å². The van der Waals surface area contributed by atoms with Gasteiger partial charge in [-0.25, -0.2) is 4.68 Å². The second kappa shape index (κ2) is 7.92. The summed E-state index contributed by atoms with van der Waals surface area (Å²) in [5, 5.41) is 14.6. The van der Waals surface area contributed by atoms with Gasteiger partial charge in [0.15, 0.2) is 5.69 Å². The van der Waals surface area contributed by atoms with E-state index < -0.39 is 0 Å². The van der Waals surface area contributed by atoms with Crippen LogP contribution in [-0.4, -0.2) is 40.0 Å². The average Bonchev–Trinajstić information content (AvgIpc) is 2.98. The Labute approximate surface area is 137 Å². The quantitative estimate of drug-likeness (QED) is 0.890. The minimum absolute atomic E-state index is 0. The SMILES string of the molecule is CC1CCCC(NC(=O)c2cn(C3CCNCC3)nn2)C1.Cl. The van der Waals surface area contributed by atoms with Crippen molar-refractivity contribution in [2.45, 2.75) is 57.5 Å². The number of aromatic nitrogens is 3. The summed E-state index contributed by atoms with van der Waals surface area (Å²) in [5.41, 5.74) is 0.451. The zero-order valence-corrected chi connectivity index (χ0v) is 13.9. The Morgan fingerprint density at radius 1 is 1.32 bits per heavy atom. The van der Waals surface area contributed by atoms with Crippen molar-refractivity contribution < 1.29 is 4.79 Å². The third kappa shape index (κ3) is 4.20. The Morgan fingerprint density at radius 2 is 2.09 bits per heavy atom. The van der Waals surface area contributed by atoms with Crippen LogP contribution in [0.25, 0.3) is 0 Å². The molecule has 2 N–H and O–H groups in total. The van der Waals surface area contributed by atoms with Crippen molar-refractivity contribution in [2.75, 3.05) is 13.1 Å². The summed E-state index contributed by atoms with van der Waals surface area (Å²) in [6, 6.07) is 0.667. The maximum absolute atomic E-state index is 12.3. The van der Waals surface area contributed by atoms with Crippen molar-refractivity contribution in [3.63, 3.8) is 0 Å². The van der Waals surface area contributed by atoms with Gasteiger partial charge in [-0.2, -0.15) is 0 Å². The largest absolute Gasteiger partial charge is 0.348 e. The van der Waals surface area contributed by atoms with Gasteiger partial charge in [0.25, 0.3) is 5.91 Å². The standard InChI is InChI=1S/C15H25N5O.ClH/c1-11-3-2-4-12(9-11)17-15(21)14-10-20(19-18-14)13-5-7-16-8-6-13;/h10-13,16H,2-9H2,1H3,(H,17,21);1H. The smallest absolute Gasteiger partial charge is 0.273 e. The fraction of sp³-hybridized carbons (Fsp3) is 0.800. The van der Waals surface area contributed by atoms with E-state index in [-0.39, 0.29) is 18.3 Å². The molecule has 1 saturated carbocycles. The fourth-order valence-electron chi connectivity index (χ4n) is 3.46. The maximum atomic E-state index is 12.3. The van der Waals surface area contributed by atoms with Crippen LogP contribution < -0.4 is 10.6 Å². The minimum Gasteiger partial charge on any atom is -0.348 e. The van der Waals surface area contributed by atoms with Crippen LogP contribution in [0.1, 0.15) is 62.0 Å². The van der Waals surface area contributed by atoms with E-state index in [9.17, 15) is 4.79 Å². The molecule has 2 fully saturated rings. The molecule has 22 heavy (non-hydrogen) atoms. The van der Waals surface area contributed by atoms with E-state index in [1.54, 1.807) is 6.20 Å². The molecule has 2 unspecified atom stereocenters. The highest BCUT2D eigenvalue weighted by atomic mass is 35.5. The first-order valence-corrected chi connectivity index (χ1v) is 8.16. The van der Waals surface area contributed by atoms with E-state index in [1.807, 2.05) is 4.68 Å². The highest BCUT2D eigenvalue weighted by Gasteiger charge is 2.23. The first kappa shape index (κ1) is 17.2. The van der Waals surface area contributed by atoms with Crippen LogP contribution >= 0.6 is 12.4 Å². The molecule has 0 radical (unpaired) electrons.